The third-order valence-electron chi connectivity index (χ3n) is 4.27. The van der Waals surface area contributed by atoms with Crippen molar-refractivity contribution in [2.75, 3.05) is 27.2 Å². The van der Waals surface area contributed by atoms with Crippen LogP contribution in [0.3, 0.4) is 0 Å². The highest BCUT2D eigenvalue weighted by atomic mass is 32.2. The molecule has 1 N–H and O–H groups in total. The summed E-state index contributed by atoms with van der Waals surface area (Å²) < 4.78 is 26.8. The molecule has 0 radical (unpaired) electrons. The summed E-state index contributed by atoms with van der Waals surface area (Å²) in [4.78, 5) is 12.4. The molecule has 1 aliphatic heterocycles. The molecular weight excluding hydrogens is 314 g/mol. The molecule has 1 heterocycles. The highest BCUT2D eigenvalue weighted by molar-refractivity contribution is 7.86. The Morgan fingerprint density at radius 3 is 2.30 bits per heavy atom. The molecule has 23 heavy (non-hydrogen) atoms. The topological polar surface area (TPSA) is 69.7 Å². The van der Waals surface area contributed by atoms with Crippen molar-refractivity contribution >= 4 is 16.1 Å². The molecule has 128 valence electrons. The molecule has 0 aliphatic carbocycles. The fourth-order valence-electron chi connectivity index (χ4n) is 2.74. The van der Waals surface area contributed by atoms with Crippen molar-refractivity contribution < 1.29 is 13.2 Å². The number of piperidine rings is 1. The lowest BCUT2D eigenvalue weighted by atomic mass is 9.96. The molecule has 0 aromatic heterocycles. The van der Waals surface area contributed by atoms with Crippen LogP contribution in [0.25, 0.3) is 0 Å². The summed E-state index contributed by atoms with van der Waals surface area (Å²) in [5.74, 6) is -0.127. The van der Waals surface area contributed by atoms with Gasteiger partial charge in [-0.05, 0) is 25.3 Å². The molecule has 1 aromatic carbocycles. The second-order valence-corrected chi connectivity index (χ2v) is 8.25. The van der Waals surface area contributed by atoms with Gasteiger partial charge in [0.15, 0.2) is 0 Å². The van der Waals surface area contributed by atoms with Crippen LogP contribution in [0.2, 0.25) is 0 Å². The Balaban J connectivity index is 1.89. The number of nitrogens with zero attached hydrogens (tertiary/aromatic N) is 2. The Labute approximate surface area is 138 Å². The first-order valence-electron chi connectivity index (χ1n) is 7.85. The van der Waals surface area contributed by atoms with E-state index in [-0.39, 0.29) is 17.9 Å². The molecular formula is C16H25N3O3S. The Morgan fingerprint density at radius 1 is 1.22 bits per heavy atom. The SMILES string of the molecule is C[C@@H](NC(=O)C1CCN(S(=O)(=O)N(C)C)CC1)c1ccccc1. The molecule has 1 fully saturated rings. The van der Waals surface area contributed by atoms with Crippen molar-refractivity contribution in [3.05, 3.63) is 35.9 Å². The first-order chi connectivity index (χ1) is 10.8. The quantitative estimate of drug-likeness (QED) is 0.881. The minimum Gasteiger partial charge on any atom is -0.349 e. The van der Waals surface area contributed by atoms with E-state index in [1.807, 2.05) is 37.3 Å². The Hall–Kier alpha value is -1.44. The van der Waals surface area contributed by atoms with E-state index in [2.05, 4.69) is 5.32 Å². The van der Waals surface area contributed by atoms with E-state index in [0.29, 0.717) is 25.9 Å². The van der Waals surface area contributed by atoms with Gasteiger partial charge in [0.1, 0.15) is 0 Å². The van der Waals surface area contributed by atoms with Gasteiger partial charge in [-0.1, -0.05) is 30.3 Å². The van der Waals surface area contributed by atoms with Gasteiger partial charge in [0.25, 0.3) is 10.2 Å². The number of amides is 1. The maximum Gasteiger partial charge on any atom is 0.281 e. The van der Waals surface area contributed by atoms with Crippen molar-refractivity contribution in [3.8, 4) is 0 Å². The maximum absolute atomic E-state index is 12.4. The molecule has 1 aromatic rings. The summed E-state index contributed by atoms with van der Waals surface area (Å²) in [7, 11) is -0.333. The summed E-state index contributed by atoms with van der Waals surface area (Å²) in [6.07, 6.45) is 1.11. The van der Waals surface area contributed by atoms with Crippen LogP contribution in [0.4, 0.5) is 0 Å². The van der Waals surface area contributed by atoms with Crippen LogP contribution in [-0.4, -0.2) is 50.1 Å². The van der Waals surface area contributed by atoms with Gasteiger partial charge in [-0.3, -0.25) is 4.79 Å². The van der Waals surface area contributed by atoms with Crippen molar-refractivity contribution in [1.29, 1.82) is 0 Å². The molecule has 0 unspecified atom stereocenters. The van der Waals surface area contributed by atoms with E-state index in [0.717, 1.165) is 5.56 Å². The minimum atomic E-state index is -3.38. The van der Waals surface area contributed by atoms with E-state index in [1.54, 1.807) is 0 Å². The fourth-order valence-corrected chi connectivity index (χ4v) is 3.87. The maximum atomic E-state index is 12.4. The highest BCUT2D eigenvalue weighted by Gasteiger charge is 2.32. The third-order valence-corrected chi connectivity index (χ3v) is 6.21. The zero-order valence-corrected chi connectivity index (χ0v) is 14.7. The molecule has 1 saturated heterocycles. The number of carbonyl (C=O) groups excluding carboxylic acids is 1. The fraction of sp³-hybridized carbons (Fsp3) is 0.562. The molecule has 6 nitrogen and oxygen atoms in total. The van der Waals surface area contributed by atoms with Crippen molar-refractivity contribution in [2.24, 2.45) is 5.92 Å². The third kappa shape index (κ3) is 4.31. The Kier molecular flexibility index (Phi) is 5.78. The molecule has 0 saturated carbocycles. The van der Waals surface area contributed by atoms with E-state index >= 15 is 0 Å². The first-order valence-corrected chi connectivity index (χ1v) is 9.25. The van der Waals surface area contributed by atoms with Gasteiger partial charge in [0.2, 0.25) is 5.91 Å². The Bertz CT molecular complexity index is 623. The van der Waals surface area contributed by atoms with Crippen molar-refractivity contribution in [2.45, 2.75) is 25.8 Å². The summed E-state index contributed by atoms with van der Waals surface area (Å²) in [6.45, 7) is 2.73. The van der Waals surface area contributed by atoms with Crippen molar-refractivity contribution in [3.63, 3.8) is 0 Å². The first kappa shape index (κ1) is 17.9. The molecule has 7 heteroatoms. The predicted octanol–water partition coefficient (Wildman–Crippen LogP) is 1.38. The largest absolute Gasteiger partial charge is 0.349 e. The summed E-state index contributed by atoms with van der Waals surface area (Å²) in [6, 6.07) is 9.76. The van der Waals surface area contributed by atoms with Gasteiger partial charge < -0.3 is 5.32 Å². The number of nitrogens with one attached hydrogen (secondary N) is 1. The smallest absolute Gasteiger partial charge is 0.281 e. The normalized spacial score (nSPS) is 18.8. The second kappa shape index (κ2) is 7.42. The second-order valence-electron chi connectivity index (χ2n) is 6.10. The lowest BCUT2D eigenvalue weighted by molar-refractivity contribution is -0.126. The summed E-state index contributed by atoms with van der Waals surface area (Å²) >= 11 is 0. The molecule has 1 amide bonds. The highest BCUT2D eigenvalue weighted by Crippen LogP contribution is 2.22. The van der Waals surface area contributed by atoms with E-state index in [9.17, 15) is 13.2 Å². The number of rotatable bonds is 5. The number of hydrogen-bond donors (Lipinski definition) is 1. The van der Waals surface area contributed by atoms with Crippen LogP contribution in [0.5, 0.6) is 0 Å². The van der Waals surface area contributed by atoms with Crippen LogP contribution in [0.1, 0.15) is 31.4 Å². The molecule has 0 bridgehead atoms. The van der Waals surface area contributed by atoms with E-state index in [4.69, 9.17) is 0 Å². The van der Waals surface area contributed by atoms with Gasteiger partial charge in [0.05, 0.1) is 6.04 Å². The van der Waals surface area contributed by atoms with Crippen LogP contribution in [0, 0.1) is 5.92 Å². The lowest BCUT2D eigenvalue weighted by Gasteiger charge is -2.32. The summed E-state index contributed by atoms with van der Waals surface area (Å²) in [5.41, 5.74) is 1.06. The minimum absolute atomic E-state index is 0.00301. The zero-order valence-electron chi connectivity index (χ0n) is 13.9. The van der Waals surface area contributed by atoms with Crippen LogP contribution >= 0.6 is 0 Å². The zero-order chi connectivity index (χ0) is 17.0. The molecule has 0 spiro atoms. The predicted molar refractivity (Wildman–Crippen MR) is 89.9 cm³/mol. The summed E-state index contributed by atoms with van der Waals surface area (Å²) in [5, 5.41) is 3.02. The number of benzene rings is 1. The van der Waals surface area contributed by atoms with Crippen LogP contribution in [-0.2, 0) is 15.0 Å². The average Bonchev–Trinajstić information content (AvgIpc) is 2.55. The van der Waals surface area contributed by atoms with Gasteiger partial charge in [0, 0.05) is 33.1 Å². The van der Waals surface area contributed by atoms with E-state index in [1.165, 1.54) is 22.7 Å². The average molecular weight is 339 g/mol. The lowest BCUT2D eigenvalue weighted by Crippen LogP contribution is -2.47. The molecule has 2 rings (SSSR count). The number of carbonyl (C=O) groups is 1. The molecule has 1 atom stereocenters. The van der Waals surface area contributed by atoms with Gasteiger partial charge in [-0.15, -0.1) is 0 Å². The van der Waals surface area contributed by atoms with Gasteiger partial charge in [-0.2, -0.15) is 17.0 Å². The van der Waals surface area contributed by atoms with E-state index < -0.39 is 10.2 Å². The molecule has 1 aliphatic rings. The standard InChI is InChI=1S/C16H25N3O3S/c1-13(14-7-5-4-6-8-14)17-16(20)15-9-11-19(12-10-15)23(21,22)18(2)3/h4-8,13,15H,9-12H2,1-3H3,(H,17,20)/t13-/m1/s1. The van der Waals surface area contributed by atoms with Gasteiger partial charge in [-0.25, -0.2) is 0 Å². The monoisotopic (exact) mass is 339 g/mol. The van der Waals surface area contributed by atoms with Crippen LogP contribution in [0.15, 0.2) is 30.3 Å². The Morgan fingerprint density at radius 2 is 1.78 bits per heavy atom. The van der Waals surface area contributed by atoms with Crippen molar-refractivity contribution in [1.82, 2.24) is 13.9 Å². The number of hydrogen-bond acceptors (Lipinski definition) is 3. The van der Waals surface area contributed by atoms with Gasteiger partial charge >= 0.3 is 0 Å². The van der Waals surface area contributed by atoms with Crippen LogP contribution < -0.4 is 5.32 Å².